The first-order chi connectivity index (χ1) is 7.45. The SMILES string of the molecule is c1cc2c(c(C3=NCCN3)c1)CCCC2. The van der Waals surface area contributed by atoms with Crippen molar-refractivity contribution < 1.29 is 0 Å². The molecule has 1 heterocycles. The molecule has 78 valence electrons. The molecule has 1 N–H and O–H groups in total. The van der Waals surface area contributed by atoms with Gasteiger partial charge in [-0.3, -0.25) is 4.99 Å². The second kappa shape index (κ2) is 3.69. The predicted octanol–water partition coefficient (Wildman–Crippen LogP) is 1.92. The number of rotatable bonds is 1. The first-order valence-corrected chi connectivity index (χ1v) is 5.84. The molecule has 0 radical (unpaired) electrons. The highest BCUT2D eigenvalue weighted by Gasteiger charge is 2.17. The molecule has 15 heavy (non-hydrogen) atoms. The van der Waals surface area contributed by atoms with Gasteiger partial charge in [-0.25, -0.2) is 0 Å². The Kier molecular flexibility index (Phi) is 2.20. The fourth-order valence-electron chi connectivity index (χ4n) is 2.58. The summed E-state index contributed by atoms with van der Waals surface area (Å²) in [5, 5.41) is 3.37. The Balaban J connectivity index is 2.06. The highest BCUT2D eigenvalue weighted by atomic mass is 15.1. The van der Waals surface area contributed by atoms with Crippen molar-refractivity contribution in [2.75, 3.05) is 13.1 Å². The fourth-order valence-corrected chi connectivity index (χ4v) is 2.58. The number of amidine groups is 1. The number of aliphatic imine (C=N–C) groups is 1. The highest BCUT2D eigenvalue weighted by Crippen LogP contribution is 2.24. The quantitative estimate of drug-likeness (QED) is 0.736. The summed E-state index contributed by atoms with van der Waals surface area (Å²) in [5.74, 6) is 1.12. The lowest BCUT2D eigenvalue weighted by atomic mass is 9.88. The van der Waals surface area contributed by atoms with Crippen molar-refractivity contribution in [3.63, 3.8) is 0 Å². The molecule has 1 aromatic rings. The first-order valence-electron chi connectivity index (χ1n) is 5.84. The molecule has 0 aromatic heterocycles. The van der Waals surface area contributed by atoms with Crippen molar-refractivity contribution in [2.24, 2.45) is 4.99 Å². The minimum atomic E-state index is 0.930. The fraction of sp³-hybridized carbons (Fsp3) is 0.462. The number of nitrogens with one attached hydrogen (secondary N) is 1. The van der Waals surface area contributed by atoms with E-state index in [0.29, 0.717) is 0 Å². The minimum absolute atomic E-state index is 0.930. The molecule has 0 unspecified atom stereocenters. The highest BCUT2D eigenvalue weighted by molar-refractivity contribution is 6.01. The molecule has 0 saturated heterocycles. The van der Waals surface area contributed by atoms with E-state index >= 15 is 0 Å². The minimum Gasteiger partial charge on any atom is -0.368 e. The number of benzene rings is 1. The lowest BCUT2D eigenvalue weighted by Crippen LogP contribution is -2.22. The Hall–Kier alpha value is -1.31. The van der Waals surface area contributed by atoms with E-state index in [1.54, 1.807) is 0 Å². The molecule has 1 aliphatic carbocycles. The zero-order valence-electron chi connectivity index (χ0n) is 8.92. The van der Waals surface area contributed by atoms with E-state index in [0.717, 1.165) is 18.9 Å². The van der Waals surface area contributed by atoms with Crippen molar-refractivity contribution in [2.45, 2.75) is 25.7 Å². The van der Waals surface area contributed by atoms with Crippen molar-refractivity contribution in [3.05, 3.63) is 34.9 Å². The Morgan fingerprint density at radius 2 is 2.07 bits per heavy atom. The molecule has 0 spiro atoms. The van der Waals surface area contributed by atoms with E-state index in [1.165, 1.54) is 42.4 Å². The van der Waals surface area contributed by atoms with Crippen LogP contribution in [0.2, 0.25) is 0 Å². The van der Waals surface area contributed by atoms with Gasteiger partial charge in [0, 0.05) is 12.1 Å². The van der Waals surface area contributed by atoms with Crippen LogP contribution in [-0.2, 0) is 12.8 Å². The smallest absolute Gasteiger partial charge is 0.128 e. The van der Waals surface area contributed by atoms with E-state index in [-0.39, 0.29) is 0 Å². The molecule has 1 aromatic carbocycles. The molecule has 0 bridgehead atoms. The summed E-state index contributed by atoms with van der Waals surface area (Å²) in [4.78, 5) is 4.52. The normalized spacial score (nSPS) is 19.3. The zero-order valence-corrected chi connectivity index (χ0v) is 8.92. The van der Waals surface area contributed by atoms with Crippen LogP contribution in [0.5, 0.6) is 0 Å². The third kappa shape index (κ3) is 1.54. The van der Waals surface area contributed by atoms with Gasteiger partial charge in [0.2, 0.25) is 0 Å². The van der Waals surface area contributed by atoms with Crippen LogP contribution in [0, 0.1) is 0 Å². The molecule has 0 atom stereocenters. The van der Waals surface area contributed by atoms with Gasteiger partial charge in [-0.15, -0.1) is 0 Å². The van der Waals surface area contributed by atoms with Crippen LogP contribution in [-0.4, -0.2) is 18.9 Å². The summed E-state index contributed by atoms with van der Waals surface area (Å²) < 4.78 is 0. The Bertz CT molecular complexity index is 407. The zero-order chi connectivity index (χ0) is 10.1. The van der Waals surface area contributed by atoms with Crippen LogP contribution in [0.4, 0.5) is 0 Å². The van der Waals surface area contributed by atoms with Gasteiger partial charge in [-0.05, 0) is 36.8 Å². The van der Waals surface area contributed by atoms with E-state index in [4.69, 9.17) is 0 Å². The molecule has 2 nitrogen and oxygen atoms in total. The van der Waals surface area contributed by atoms with Gasteiger partial charge < -0.3 is 5.32 Å². The molecule has 3 rings (SSSR count). The first kappa shape index (κ1) is 8.96. The number of hydrogen-bond acceptors (Lipinski definition) is 2. The summed E-state index contributed by atoms with van der Waals surface area (Å²) in [5.41, 5.74) is 4.43. The third-order valence-corrected chi connectivity index (χ3v) is 3.33. The van der Waals surface area contributed by atoms with Gasteiger partial charge in [0.15, 0.2) is 0 Å². The number of hydrogen-bond donors (Lipinski definition) is 1. The summed E-state index contributed by atoms with van der Waals surface area (Å²) in [7, 11) is 0. The van der Waals surface area contributed by atoms with E-state index in [9.17, 15) is 0 Å². The van der Waals surface area contributed by atoms with Crippen LogP contribution in [0.3, 0.4) is 0 Å². The molecule has 0 fully saturated rings. The van der Waals surface area contributed by atoms with Gasteiger partial charge in [0.25, 0.3) is 0 Å². The molecule has 0 saturated carbocycles. The maximum Gasteiger partial charge on any atom is 0.128 e. The Morgan fingerprint density at radius 1 is 1.13 bits per heavy atom. The van der Waals surface area contributed by atoms with Gasteiger partial charge in [-0.1, -0.05) is 18.2 Å². The Labute approximate surface area is 90.4 Å². The summed E-state index contributed by atoms with van der Waals surface area (Å²) in [6.07, 6.45) is 5.15. The van der Waals surface area contributed by atoms with E-state index in [1.807, 2.05) is 0 Å². The largest absolute Gasteiger partial charge is 0.368 e. The summed E-state index contributed by atoms with van der Waals surface area (Å²) >= 11 is 0. The summed E-state index contributed by atoms with van der Waals surface area (Å²) in [6, 6.07) is 6.65. The van der Waals surface area contributed by atoms with Gasteiger partial charge in [0.1, 0.15) is 5.84 Å². The molecule has 0 amide bonds. The average Bonchev–Trinajstić information content (AvgIpc) is 2.82. The molecular weight excluding hydrogens is 184 g/mol. The molecule has 2 aliphatic rings. The van der Waals surface area contributed by atoms with Gasteiger partial charge in [0.05, 0.1) is 6.54 Å². The molecule has 1 aliphatic heterocycles. The standard InChI is InChI=1S/C13H16N2/c1-2-6-11-10(4-1)5-3-7-12(11)13-14-8-9-15-13/h3,5,7H,1-2,4,6,8-9H2,(H,14,15). The lowest BCUT2D eigenvalue weighted by molar-refractivity contribution is 0.684. The Morgan fingerprint density at radius 3 is 2.93 bits per heavy atom. The monoisotopic (exact) mass is 200 g/mol. The van der Waals surface area contributed by atoms with Crippen molar-refractivity contribution >= 4 is 5.84 Å². The van der Waals surface area contributed by atoms with Crippen LogP contribution >= 0.6 is 0 Å². The van der Waals surface area contributed by atoms with Gasteiger partial charge >= 0.3 is 0 Å². The third-order valence-electron chi connectivity index (χ3n) is 3.33. The van der Waals surface area contributed by atoms with Crippen LogP contribution in [0.1, 0.15) is 29.5 Å². The van der Waals surface area contributed by atoms with Crippen molar-refractivity contribution in [3.8, 4) is 0 Å². The van der Waals surface area contributed by atoms with Gasteiger partial charge in [-0.2, -0.15) is 0 Å². The molecule has 2 heteroatoms. The van der Waals surface area contributed by atoms with Crippen LogP contribution in [0.25, 0.3) is 0 Å². The topological polar surface area (TPSA) is 24.4 Å². The number of aryl methyl sites for hydroxylation is 1. The number of fused-ring (bicyclic) bond motifs is 1. The van der Waals surface area contributed by atoms with Crippen LogP contribution in [0.15, 0.2) is 23.2 Å². The second-order valence-electron chi connectivity index (χ2n) is 4.31. The second-order valence-corrected chi connectivity index (χ2v) is 4.31. The predicted molar refractivity (Wildman–Crippen MR) is 62.5 cm³/mol. The van der Waals surface area contributed by atoms with E-state index in [2.05, 4.69) is 28.5 Å². The average molecular weight is 200 g/mol. The molecular formula is C13H16N2. The maximum absolute atomic E-state index is 4.52. The maximum atomic E-state index is 4.52. The van der Waals surface area contributed by atoms with Crippen molar-refractivity contribution in [1.29, 1.82) is 0 Å². The summed E-state index contributed by atoms with van der Waals surface area (Å²) in [6.45, 7) is 1.93. The lowest BCUT2D eigenvalue weighted by Gasteiger charge is -2.19. The van der Waals surface area contributed by atoms with Crippen LogP contribution < -0.4 is 5.32 Å². The van der Waals surface area contributed by atoms with E-state index < -0.39 is 0 Å². The number of nitrogens with zero attached hydrogens (tertiary/aromatic N) is 1. The van der Waals surface area contributed by atoms with Crippen molar-refractivity contribution in [1.82, 2.24) is 5.32 Å².